The Morgan fingerprint density at radius 1 is 1.29 bits per heavy atom. The zero-order valence-corrected chi connectivity index (χ0v) is 9.67. The van der Waals surface area contributed by atoms with Gasteiger partial charge in [0.1, 0.15) is 0 Å². The molecule has 2 nitrogen and oxygen atoms in total. The van der Waals surface area contributed by atoms with Crippen molar-refractivity contribution in [3.05, 3.63) is 34.3 Å². The van der Waals surface area contributed by atoms with Crippen LogP contribution in [0.2, 0.25) is 0 Å². The third-order valence-corrected chi connectivity index (χ3v) is 2.33. The smallest absolute Gasteiger partial charge is 0.228 e. The molecule has 0 amide bonds. The van der Waals surface area contributed by atoms with Crippen molar-refractivity contribution < 1.29 is 9.59 Å². The lowest BCUT2D eigenvalue weighted by Crippen LogP contribution is -2.19. The molecular weight excluding hydrogens is 244 g/mol. The maximum atomic E-state index is 11.6. The van der Waals surface area contributed by atoms with E-state index < -0.39 is 5.78 Å². The second-order valence-corrected chi connectivity index (χ2v) is 4.27. The first-order chi connectivity index (χ1) is 6.52. The molecule has 0 aliphatic rings. The normalized spacial score (nSPS) is 10.3. The van der Waals surface area contributed by atoms with Gasteiger partial charge < -0.3 is 0 Å². The van der Waals surface area contributed by atoms with Crippen molar-refractivity contribution in [2.45, 2.75) is 13.8 Å². The molecule has 0 aliphatic carbocycles. The van der Waals surface area contributed by atoms with E-state index in [1.54, 1.807) is 32.0 Å². The fourth-order valence-corrected chi connectivity index (χ4v) is 1.43. The zero-order valence-electron chi connectivity index (χ0n) is 8.08. The summed E-state index contributed by atoms with van der Waals surface area (Å²) in [6.07, 6.45) is 0. The first-order valence-electron chi connectivity index (χ1n) is 4.36. The molecule has 74 valence electrons. The van der Waals surface area contributed by atoms with E-state index in [0.29, 0.717) is 5.56 Å². The molecule has 0 radical (unpaired) electrons. The summed E-state index contributed by atoms with van der Waals surface area (Å²) in [5.41, 5.74) is 0.443. The van der Waals surface area contributed by atoms with Gasteiger partial charge in [0.15, 0.2) is 0 Å². The molecule has 1 aromatic rings. The van der Waals surface area contributed by atoms with E-state index in [-0.39, 0.29) is 11.7 Å². The molecule has 0 unspecified atom stereocenters. The number of Topliss-reactive ketones (excluding diaryl/α,β-unsaturated/α-hetero) is 2. The number of carbonyl (C=O) groups is 2. The van der Waals surface area contributed by atoms with Gasteiger partial charge in [0, 0.05) is 16.0 Å². The lowest BCUT2D eigenvalue weighted by molar-refractivity contribution is -0.117. The SMILES string of the molecule is CC(C)C(=O)C(=O)c1cccc(Br)c1. The van der Waals surface area contributed by atoms with Crippen LogP contribution in [0.4, 0.5) is 0 Å². The van der Waals surface area contributed by atoms with Crippen LogP contribution in [0, 0.1) is 5.92 Å². The van der Waals surface area contributed by atoms with Crippen molar-refractivity contribution in [2.75, 3.05) is 0 Å². The summed E-state index contributed by atoms with van der Waals surface area (Å²) in [5, 5.41) is 0. The highest BCUT2D eigenvalue weighted by molar-refractivity contribution is 9.10. The summed E-state index contributed by atoms with van der Waals surface area (Å²) in [7, 11) is 0. The van der Waals surface area contributed by atoms with Crippen LogP contribution in [0.15, 0.2) is 28.7 Å². The van der Waals surface area contributed by atoms with Gasteiger partial charge in [-0.05, 0) is 12.1 Å². The predicted octanol–water partition coefficient (Wildman–Crippen LogP) is 2.86. The summed E-state index contributed by atoms with van der Waals surface area (Å²) in [6, 6.07) is 6.86. The second kappa shape index (κ2) is 4.51. The predicted molar refractivity (Wildman–Crippen MR) is 58.3 cm³/mol. The number of ketones is 2. The van der Waals surface area contributed by atoms with Crippen molar-refractivity contribution in [1.29, 1.82) is 0 Å². The van der Waals surface area contributed by atoms with Gasteiger partial charge in [0.2, 0.25) is 11.6 Å². The molecule has 1 rings (SSSR count). The Morgan fingerprint density at radius 2 is 1.93 bits per heavy atom. The van der Waals surface area contributed by atoms with E-state index in [2.05, 4.69) is 15.9 Å². The topological polar surface area (TPSA) is 34.1 Å². The third kappa shape index (κ3) is 2.51. The molecule has 0 saturated carbocycles. The Bertz CT molecular complexity index is 369. The monoisotopic (exact) mass is 254 g/mol. The zero-order chi connectivity index (χ0) is 10.7. The Labute approximate surface area is 91.4 Å². The minimum Gasteiger partial charge on any atom is -0.290 e. The van der Waals surface area contributed by atoms with Crippen LogP contribution in [-0.2, 0) is 4.79 Å². The minimum atomic E-state index is -0.415. The van der Waals surface area contributed by atoms with Gasteiger partial charge in [-0.3, -0.25) is 9.59 Å². The standard InChI is InChI=1S/C11H11BrO2/c1-7(2)10(13)11(14)8-4-3-5-9(12)6-8/h3-7H,1-2H3. The van der Waals surface area contributed by atoms with Gasteiger partial charge in [-0.25, -0.2) is 0 Å². The number of rotatable bonds is 3. The average Bonchev–Trinajstić information content (AvgIpc) is 2.15. The molecule has 0 aliphatic heterocycles. The van der Waals surface area contributed by atoms with E-state index in [1.807, 2.05) is 6.07 Å². The van der Waals surface area contributed by atoms with Crippen LogP contribution >= 0.6 is 15.9 Å². The maximum absolute atomic E-state index is 11.6. The van der Waals surface area contributed by atoms with Gasteiger partial charge >= 0.3 is 0 Å². The molecule has 3 heteroatoms. The van der Waals surface area contributed by atoms with Gasteiger partial charge in [0.05, 0.1) is 0 Å². The van der Waals surface area contributed by atoms with Crippen LogP contribution in [0.5, 0.6) is 0 Å². The van der Waals surface area contributed by atoms with E-state index in [1.165, 1.54) is 0 Å². The first-order valence-corrected chi connectivity index (χ1v) is 5.15. The summed E-state index contributed by atoms with van der Waals surface area (Å²) >= 11 is 3.25. The second-order valence-electron chi connectivity index (χ2n) is 3.36. The largest absolute Gasteiger partial charge is 0.290 e. The molecule has 0 N–H and O–H groups in total. The van der Waals surface area contributed by atoms with Crippen molar-refractivity contribution in [2.24, 2.45) is 5.92 Å². The molecule has 0 heterocycles. The number of halogens is 1. The molecule has 0 fully saturated rings. The number of carbonyl (C=O) groups excluding carboxylic acids is 2. The molecule has 0 spiro atoms. The van der Waals surface area contributed by atoms with E-state index in [4.69, 9.17) is 0 Å². The van der Waals surface area contributed by atoms with Crippen molar-refractivity contribution >= 4 is 27.5 Å². The highest BCUT2D eigenvalue weighted by atomic mass is 79.9. The minimum absolute atomic E-state index is 0.249. The molecule has 0 atom stereocenters. The summed E-state index contributed by atoms with van der Waals surface area (Å²) < 4.78 is 0.805. The van der Waals surface area contributed by atoms with Gasteiger partial charge in [-0.15, -0.1) is 0 Å². The lowest BCUT2D eigenvalue weighted by atomic mass is 10.00. The third-order valence-electron chi connectivity index (χ3n) is 1.83. The molecule has 0 aromatic heterocycles. The van der Waals surface area contributed by atoms with Gasteiger partial charge in [-0.1, -0.05) is 41.9 Å². The number of benzene rings is 1. The van der Waals surface area contributed by atoms with E-state index >= 15 is 0 Å². The van der Waals surface area contributed by atoms with Crippen molar-refractivity contribution in [3.8, 4) is 0 Å². The fraction of sp³-hybridized carbons (Fsp3) is 0.273. The molecule has 1 aromatic carbocycles. The van der Waals surface area contributed by atoms with Crippen molar-refractivity contribution in [3.63, 3.8) is 0 Å². The Balaban J connectivity index is 2.95. The Hall–Kier alpha value is -0.960. The van der Waals surface area contributed by atoms with Gasteiger partial charge in [0.25, 0.3) is 0 Å². The highest BCUT2D eigenvalue weighted by Crippen LogP contribution is 2.13. The summed E-state index contributed by atoms with van der Waals surface area (Å²) in [5.74, 6) is -1.01. The molecule has 14 heavy (non-hydrogen) atoms. The van der Waals surface area contributed by atoms with Gasteiger partial charge in [-0.2, -0.15) is 0 Å². The summed E-state index contributed by atoms with van der Waals surface area (Å²) in [6.45, 7) is 3.44. The lowest BCUT2D eigenvalue weighted by Gasteiger charge is -2.03. The van der Waals surface area contributed by atoms with Crippen LogP contribution in [0.25, 0.3) is 0 Å². The van der Waals surface area contributed by atoms with E-state index in [0.717, 1.165) is 4.47 Å². The number of hydrogen-bond acceptors (Lipinski definition) is 2. The van der Waals surface area contributed by atoms with E-state index in [9.17, 15) is 9.59 Å². The van der Waals surface area contributed by atoms with Crippen LogP contribution < -0.4 is 0 Å². The molecular formula is C11H11BrO2. The van der Waals surface area contributed by atoms with Crippen LogP contribution in [0.3, 0.4) is 0 Å². The quantitative estimate of drug-likeness (QED) is 0.614. The highest BCUT2D eigenvalue weighted by Gasteiger charge is 2.19. The van der Waals surface area contributed by atoms with Crippen LogP contribution in [0.1, 0.15) is 24.2 Å². The number of hydrogen-bond donors (Lipinski definition) is 0. The molecule has 0 bridgehead atoms. The molecule has 0 saturated heterocycles. The Kier molecular flexibility index (Phi) is 3.58. The maximum Gasteiger partial charge on any atom is 0.228 e. The van der Waals surface area contributed by atoms with Crippen LogP contribution in [-0.4, -0.2) is 11.6 Å². The summed E-state index contributed by atoms with van der Waals surface area (Å²) in [4.78, 5) is 23.0. The average molecular weight is 255 g/mol. The Morgan fingerprint density at radius 3 is 2.43 bits per heavy atom. The first kappa shape index (κ1) is 11.1. The van der Waals surface area contributed by atoms with Crippen molar-refractivity contribution in [1.82, 2.24) is 0 Å². The fourth-order valence-electron chi connectivity index (χ4n) is 1.03.